The molecule has 0 saturated carbocycles. The minimum atomic E-state index is -0.715. The van der Waals surface area contributed by atoms with E-state index in [4.69, 9.17) is 9.84 Å². The number of carboxylic acids is 1. The number of allylic oxidation sites excluding steroid dienone is 2. The first-order valence-corrected chi connectivity index (χ1v) is 24.6. The lowest BCUT2D eigenvalue weighted by Gasteiger charge is -2.37. The Balaban J connectivity index is -0.000000970. The number of hydrogen-bond donors (Lipinski definition) is 2. The predicted molar refractivity (Wildman–Crippen MR) is 268 cm³/mol. The number of primary amides is 1. The molecule has 3 N–H and O–H groups in total. The monoisotopic (exact) mass is 887 g/mol. The lowest BCUT2D eigenvalue weighted by atomic mass is 9.81. The van der Waals surface area contributed by atoms with E-state index >= 15 is 0 Å². The highest BCUT2D eigenvalue weighted by molar-refractivity contribution is 5.99. The predicted octanol–water partition coefficient (Wildman–Crippen LogP) is 12.5. The van der Waals surface area contributed by atoms with E-state index in [0.29, 0.717) is 49.8 Å². The highest BCUT2D eigenvalue weighted by Gasteiger charge is 2.31. The van der Waals surface area contributed by atoms with Crippen molar-refractivity contribution in [2.24, 2.45) is 28.0 Å². The van der Waals surface area contributed by atoms with Crippen molar-refractivity contribution in [2.45, 2.75) is 212 Å². The fraction of sp³-hybridized carbons (Fsp3) is 0.755. The van der Waals surface area contributed by atoms with Crippen molar-refractivity contribution in [3.8, 4) is 0 Å². The van der Waals surface area contributed by atoms with Crippen LogP contribution in [-0.2, 0) is 30.3 Å². The molecule has 0 bridgehead atoms. The van der Waals surface area contributed by atoms with Crippen LogP contribution in [0, 0.1) is 17.3 Å². The topological polar surface area (TPSA) is 143 Å². The van der Waals surface area contributed by atoms with Gasteiger partial charge in [-0.25, -0.2) is 0 Å². The molecule has 3 atom stereocenters. The number of rotatable bonds is 24. The van der Waals surface area contributed by atoms with E-state index in [1.807, 2.05) is 45.9 Å². The van der Waals surface area contributed by atoms with Crippen molar-refractivity contribution in [3.05, 3.63) is 47.7 Å². The first kappa shape index (κ1) is 63.9. The number of carbonyl (C=O) groups excluding carboxylic acids is 3. The van der Waals surface area contributed by atoms with Gasteiger partial charge in [0.25, 0.3) is 0 Å². The maximum Gasteiger partial charge on any atom is 0.309 e. The molecular weight excluding hydrogens is 789 g/mol. The van der Waals surface area contributed by atoms with Gasteiger partial charge in [-0.2, -0.15) is 0 Å². The molecule has 1 aliphatic rings. The molecule has 63 heavy (non-hydrogen) atoms. The fourth-order valence-corrected chi connectivity index (χ4v) is 7.20. The van der Waals surface area contributed by atoms with Crippen LogP contribution >= 0.6 is 0 Å². The first-order valence-electron chi connectivity index (χ1n) is 24.6. The minimum Gasteiger partial charge on any atom is -0.481 e. The molecule has 10 heteroatoms. The van der Waals surface area contributed by atoms with Gasteiger partial charge in [0.1, 0.15) is 5.70 Å². The number of nitrogens with zero attached hydrogens (tertiary/aromatic N) is 3. The Morgan fingerprint density at radius 2 is 1.43 bits per heavy atom. The summed E-state index contributed by atoms with van der Waals surface area (Å²) in [5.74, 6) is -0.0345. The standard InChI is InChI=1S/C28H52N2O3.C14H20O2.C6H13N.C3H8.C2H5NO/c1-9-14-16-17-20-30(28(32)19-15-10-2)25(22(6)7)21-27(33-13-5)23(8)29-24(12-4)26(31)18-11-3;1-11(10-14(2,3)13(15)16)9-12-7-5-4-6-8-12;1-7-5-3-2-4-6-7;1-3-2;1-2(3)4/h12,22,25,27H,9-11,13-21H2,1-8H3;4-8,11H,9-10H2,1-3H3,(H,15,16);2-6H2,1H3;3H2,1-2H3;1H3,(H2,3,4)/b24-12-,29-23?;;;;. The number of ketones is 1. The number of aliphatic imine (C=N–C) groups is 1. The fourth-order valence-electron chi connectivity index (χ4n) is 7.20. The number of aliphatic carboxylic acids is 1. The SMILES string of the molecule is C/C=C(\N=C(C)C(CC(C(C)C)N(CCCCCC)C(=O)CCCC)OCC)C(=O)CCC.CC(Cc1ccccc1)CC(C)(C)C(=O)O.CC(N)=O.CCC.CN1CCCCC1. The normalized spacial score (nSPS) is 14.5. The van der Waals surface area contributed by atoms with Gasteiger partial charge in [-0.3, -0.25) is 24.2 Å². The molecule has 1 aliphatic heterocycles. The summed E-state index contributed by atoms with van der Waals surface area (Å²) < 4.78 is 6.12. The lowest BCUT2D eigenvalue weighted by molar-refractivity contribution is -0.147. The first-order chi connectivity index (χ1) is 29.7. The summed E-state index contributed by atoms with van der Waals surface area (Å²) in [5, 5.41) is 9.06. The third-order valence-electron chi connectivity index (χ3n) is 10.6. The number of piperidine rings is 1. The van der Waals surface area contributed by atoms with Crippen LogP contribution in [0.15, 0.2) is 47.1 Å². The Morgan fingerprint density at radius 3 is 1.86 bits per heavy atom. The Labute approximate surface area is 387 Å². The van der Waals surface area contributed by atoms with Crippen molar-refractivity contribution >= 4 is 29.3 Å². The highest BCUT2D eigenvalue weighted by Crippen LogP contribution is 2.28. The molecule has 0 radical (unpaired) electrons. The molecule has 1 saturated heterocycles. The molecule has 2 rings (SSSR count). The number of carboxylic acid groups (broad SMARTS) is 1. The number of ether oxygens (including phenoxy) is 1. The largest absolute Gasteiger partial charge is 0.481 e. The van der Waals surface area contributed by atoms with Gasteiger partial charge in [0.2, 0.25) is 11.8 Å². The van der Waals surface area contributed by atoms with E-state index in [1.165, 1.54) is 64.1 Å². The van der Waals surface area contributed by atoms with Gasteiger partial charge in [0.05, 0.1) is 11.5 Å². The quantitative estimate of drug-likeness (QED) is 0.0598. The Hall–Kier alpha value is -3.37. The van der Waals surface area contributed by atoms with E-state index in [-0.39, 0.29) is 29.7 Å². The summed E-state index contributed by atoms with van der Waals surface area (Å²) in [6.07, 6.45) is 17.9. The van der Waals surface area contributed by atoms with Gasteiger partial charge < -0.3 is 25.4 Å². The molecule has 10 nitrogen and oxygen atoms in total. The van der Waals surface area contributed by atoms with Gasteiger partial charge in [-0.15, -0.1) is 0 Å². The third-order valence-corrected chi connectivity index (χ3v) is 10.6. The number of amides is 2. The number of benzene rings is 1. The zero-order valence-corrected chi connectivity index (χ0v) is 43.3. The second kappa shape index (κ2) is 40.2. The number of hydrogen-bond acceptors (Lipinski definition) is 7. The molecule has 3 unspecified atom stereocenters. The molecule has 0 aromatic heterocycles. The maximum absolute atomic E-state index is 13.2. The average molecular weight is 887 g/mol. The number of Topliss-reactive ketones (excluding diaryl/α,β-unsaturated/α-hetero) is 1. The van der Waals surface area contributed by atoms with Crippen LogP contribution < -0.4 is 5.73 Å². The van der Waals surface area contributed by atoms with Crippen molar-refractivity contribution in [1.29, 1.82) is 0 Å². The second-order valence-corrected chi connectivity index (χ2v) is 18.2. The Morgan fingerprint density at radius 1 is 0.873 bits per heavy atom. The minimum absolute atomic E-state index is 0.0716. The van der Waals surface area contributed by atoms with Crippen LogP contribution in [-0.4, -0.2) is 89.6 Å². The van der Waals surface area contributed by atoms with Gasteiger partial charge >= 0.3 is 5.97 Å². The molecule has 0 aliphatic carbocycles. The molecule has 1 fully saturated rings. The van der Waals surface area contributed by atoms with Crippen LogP contribution in [0.3, 0.4) is 0 Å². The second-order valence-electron chi connectivity index (χ2n) is 18.2. The molecule has 1 heterocycles. The van der Waals surface area contributed by atoms with E-state index < -0.39 is 11.4 Å². The van der Waals surface area contributed by atoms with Crippen LogP contribution in [0.5, 0.6) is 0 Å². The van der Waals surface area contributed by atoms with Crippen LogP contribution in [0.1, 0.15) is 199 Å². The molecule has 0 spiro atoms. The zero-order chi connectivity index (χ0) is 48.8. The van der Waals surface area contributed by atoms with Crippen molar-refractivity contribution < 1.29 is 29.0 Å². The van der Waals surface area contributed by atoms with Crippen molar-refractivity contribution in [2.75, 3.05) is 33.3 Å². The maximum atomic E-state index is 13.2. The number of likely N-dealkylation sites (tertiary alicyclic amines) is 1. The highest BCUT2D eigenvalue weighted by atomic mass is 16.5. The molecule has 1 aromatic carbocycles. The van der Waals surface area contributed by atoms with Crippen molar-refractivity contribution in [3.63, 3.8) is 0 Å². The summed E-state index contributed by atoms with van der Waals surface area (Å²) in [4.78, 5) is 55.1. The number of unbranched alkanes of at least 4 members (excludes halogenated alkanes) is 4. The molecule has 2 amide bonds. The lowest BCUT2D eigenvalue weighted by Crippen LogP contribution is -2.46. The summed E-state index contributed by atoms with van der Waals surface area (Å²) in [7, 11) is 2.19. The van der Waals surface area contributed by atoms with E-state index in [9.17, 15) is 19.2 Å². The molecule has 366 valence electrons. The third kappa shape index (κ3) is 34.7. The molecule has 1 aromatic rings. The van der Waals surface area contributed by atoms with Crippen molar-refractivity contribution in [1.82, 2.24) is 9.80 Å². The number of nitrogens with two attached hydrogens (primary N) is 1. The van der Waals surface area contributed by atoms with Crippen LogP contribution in [0.4, 0.5) is 0 Å². The zero-order valence-electron chi connectivity index (χ0n) is 43.3. The van der Waals surface area contributed by atoms with E-state index in [2.05, 4.69) is 88.2 Å². The Kier molecular flexibility index (Phi) is 40.7. The van der Waals surface area contributed by atoms with Gasteiger partial charge in [-0.1, -0.05) is 130 Å². The smallest absolute Gasteiger partial charge is 0.309 e. The summed E-state index contributed by atoms with van der Waals surface area (Å²) in [5.41, 5.74) is 6.44. The van der Waals surface area contributed by atoms with Gasteiger partial charge in [-0.05, 0) is 124 Å². The summed E-state index contributed by atoms with van der Waals surface area (Å²) in [6, 6.07) is 10.3. The number of carbonyl (C=O) groups is 4. The molecular formula is C53H98N4O6. The Bertz CT molecular complexity index is 1370. The summed E-state index contributed by atoms with van der Waals surface area (Å²) >= 11 is 0. The van der Waals surface area contributed by atoms with Crippen LogP contribution in [0.25, 0.3) is 0 Å². The van der Waals surface area contributed by atoms with E-state index in [0.717, 1.165) is 50.8 Å². The summed E-state index contributed by atoms with van der Waals surface area (Å²) in [6.45, 7) is 31.8. The van der Waals surface area contributed by atoms with Crippen LogP contribution in [0.2, 0.25) is 0 Å². The average Bonchev–Trinajstić information content (AvgIpc) is 3.21. The van der Waals surface area contributed by atoms with Gasteiger partial charge in [0.15, 0.2) is 5.78 Å². The van der Waals surface area contributed by atoms with E-state index in [1.54, 1.807) is 19.9 Å². The van der Waals surface area contributed by atoms with Gasteiger partial charge in [0, 0.05) is 44.7 Å².